The zero-order valence-corrected chi connectivity index (χ0v) is 15.9. The lowest BCUT2D eigenvalue weighted by atomic mass is 10.2. The average molecular weight is 382 g/mol. The van der Waals surface area contributed by atoms with Crippen LogP contribution >= 0.6 is 11.6 Å². The number of carbonyl (C=O) groups excluding carboxylic acids is 1. The van der Waals surface area contributed by atoms with E-state index in [0.29, 0.717) is 18.9 Å². The summed E-state index contributed by atoms with van der Waals surface area (Å²) in [6, 6.07) is 7.62. The van der Waals surface area contributed by atoms with Gasteiger partial charge in [-0.05, 0) is 42.8 Å². The first-order valence-electron chi connectivity index (χ1n) is 7.83. The highest BCUT2D eigenvalue weighted by Crippen LogP contribution is 2.24. The number of amides is 1. The molecule has 0 saturated carbocycles. The molecule has 25 heavy (non-hydrogen) atoms. The number of rotatable bonds is 6. The van der Waals surface area contributed by atoms with Gasteiger partial charge in [-0.2, -0.15) is 4.31 Å². The number of sulfonamides is 1. The summed E-state index contributed by atoms with van der Waals surface area (Å²) in [5.41, 5.74) is 1.02. The molecule has 8 heteroatoms. The number of nitrogens with zero attached hydrogens (tertiary/aromatic N) is 2. The zero-order valence-electron chi connectivity index (χ0n) is 14.3. The van der Waals surface area contributed by atoms with Crippen LogP contribution in [-0.4, -0.2) is 36.7 Å². The monoisotopic (exact) mass is 381 g/mol. The maximum Gasteiger partial charge on any atom is 0.258 e. The van der Waals surface area contributed by atoms with Gasteiger partial charge < -0.3 is 5.32 Å². The molecule has 0 saturated heterocycles. The van der Waals surface area contributed by atoms with E-state index in [2.05, 4.69) is 10.3 Å². The number of anilines is 1. The third-order valence-electron chi connectivity index (χ3n) is 3.68. The van der Waals surface area contributed by atoms with Gasteiger partial charge >= 0.3 is 0 Å². The molecule has 0 aliphatic rings. The Morgan fingerprint density at radius 1 is 1.20 bits per heavy atom. The fraction of sp³-hybridized carbons (Fsp3) is 0.294. The second-order valence-corrected chi connectivity index (χ2v) is 7.75. The molecule has 0 spiro atoms. The number of pyridine rings is 1. The van der Waals surface area contributed by atoms with Gasteiger partial charge in [-0.15, -0.1) is 0 Å². The maximum atomic E-state index is 12.6. The minimum Gasteiger partial charge on any atom is -0.307 e. The van der Waals surface area contributed by atoms with E-state index in [4.69, 9.17) is 11.6 Å². The van der Waals surface area contributed by atoms with Crippen molar-refractivity contribution in [3.63, 3.8) is 0 Å². The second kappa shape index (κ2) is 7.95. The molecule has 1 aromatic carbocycles. The Hall–Kier alpha value is -1.96. The second-order valence-electron chi connectivity index (χ2n) is 5.40. The molecule has 0 bridgehead atoms. The van der Waals surface area contributed by atoms with Gasteiger partial charge in [0.05, 0.1) is 15.5 Å². The Labute approximate surface area is 152 Å². The molecule has 0 fully saturated rings. The number of halogens is 1. The van der Waals surface area contributed by atoms with Gasteiger partial charge in [0.25, 0.3) is 5.91 Å². The number of aryl methyl sites for hydroxylation is 1. The van der Waals surface area contributed by atoms with Crippen molar-refractivity contribution >= 4 is 33.3 Å². The average Bonchev–Trinajstić information content (AvgIpc) is 2.55. The first-order chi connectivity index (χ1) is 11.8. The molecule has 0 unspecified atom stereocenters. The number of hydrogen-bond acceptors (Lipinski definition) is 4. The van der Waals surface area contributed by atoms with Crippen molar-refractivity contribution in [3.8, 4) is 0 Å². The summed E-state index contributed by atoms with van der Waals surface area (Å²) < 4.78 is 26.6. The van der Waals surface area contributed by atoms with Gasteiger partial charge in [0.15, 0.2) is 0 Å². The third kappa shape index (κ3) is 4.36. The van der Waals surface area contributed by atoms with Gasteiger partial charge in [-0.3, -0.25) is 4.79 Å². The molecule has 2 aromatic rings. The summed E-state index contributed by atoms with van der Waals surface area (Å²) in [5, 5.41) is 2.80. The molecule has 0 atom stereocenters. The zero-order chi connectivity index (χ0) is 18.6. The van der Waals surface area contributed by atoms with Crippen LogP contribution in [0, 0.1) is 6.92 Å². The summed E-state index contributed by atoms with van der Waals surface area (Å²) in [6.45, 7) is 6.08. The first-order valence-corrected chi connectivity index (χ1v) is 9.65. The van der Waals surface area contributed by atoms with Gasteiger partial charge in [0.1, 0.15) is 5.82 Å². The third-order valence-corrected chi connectivity index (χ3v) is 6.06. The Bertz CT molecular complexity index is 880. The van der Waals surface area contributed by atoms with E-state index in [0.717, 1.165) is 5.56 Å². The fourth-order valence-electron chi connectivity index (χ4n) is 2.34. The highest BCUT2D eigenvalue weighted by atomic mass is 35.5. The molecule has 134 valence electrons. The van der Waals surface area contributed by atoms with E-state index >= 15 is 0 Å². The van der Waals surface area contributed by atoms with Gasteiger partial charge in [-0.1, -0.05) is 25.4 Å². The topological polar surface area (TPSA) is 79.4 Å². The smallest absolute Gasteiger partial charge is 0.258 e. The number of aromatic nitrogens is 1. The largest absolute Gasteiger partial charge is 0.307 e. The van der Waals surface area contributed by atoms with Gasteiger partial charge in [0, 0.05) is 19.3 Å². The van der Waals surface area contributed by atoms with Gasteiger partial charge in [-0.25, -0.2) is 13.4 Å². The normalized spacial score (nSPS) is 11.6. The molecule has 0 aliphatic carbocycles. The summed E-state index contributed by atoms with van der Waals surface area (Å²) in [4.78, 5) is 16.6. The fourth-order valence-corrected chi connectivity index (χ4v) is 4.03. The van der Waals surface area contributed by atoms with Crippen LogP contribution in [0.25, 0.3) is 0 Å². The molecule has 0 aliphatic heterocycles. The SMILES string of the molecule is CCN(CC)S(=O)(=O)c1ccc(Cl)c(C(=O)Nc2cc(C)ccn2)c1. The Kier molecular flexibility index (Phi) is 6.16. The quantitative estimate of drug-likeness (QED) is 0.832. The van der Waals surface area contributed by atoms with Crippen molar-refractivity contribution < 1.29 is 13.2 Å². The molecule has 1 heterocycles. The Morgan fingerprint density at radius 3 is 2.48 bits per heavy atom. The highest BCUT2D eigenvalue weighted by molar-refractivity contribution is 7.89. The van der Waals surface area contributed by atoms with Crippen LogP contribution in [0.4, 0.5) is 5.82 Å². The lowest BCUT2D eigenvalue weighted by Gasteiger charge is -2.19. The number of hydrogen-bond donors (Lipinski definition) is 1. The lowest BCUT2D eigenvalue weighted by molar-refractivity contribution is 0.102. The predicted octanol–water partition coefficient (Wildman–Crippen LogP) is 3.33. The van der Waals surface area contributed by atoms with Crippen molar-refractivity contribution in [2.24, 2.45) is 0 Å². The van der Waals surface area contributed by atoms with Crippen molar-refractivity contribution in [3.05, 3.63) is 52.7 Å². The van der Waals surface area contributed by atoms with Crippen LogP contribution in [0.2, 0.25) is 5.02 Å². The molecule has 0 radical (unpaired) electrons. The van der Waals surface area contributed by atoms with E-state index in [9.17, 15) is 13.2 Å². The molecule has 1 amide bonds. The van der Waals surface area contributed by atoms with Crippen molar-refractivity contribution in [1.82, 2.24) is 9.29 Å². The van der Waals surface area contributed by atoms with E-state index in [-0.39, 0.29) is 15.5 Å². The number of benzene rings is 1. The number of nitrogens with one attached hydrogen (secondary N) is 1. The highest BCUT2D eigenvalue weighted by Gasteiger charge is 2.24. The van der Waals surface area contributed by atoms with E-state index in [1.165, 1.54) is 22.5 Å². The van der Waals surface area contributed by atoms with Gasteiger partial charge in [0.2, 0.25) is 10.0 Å². The van der Waals surface area contributed by atoms with E-state index < -0.39 is 15.9 Å². The van der Waals surface area contributed by atoms with Crippen LogP contribution in [0.5, 0.6) is 0 Å². The standard InChI is InChI=1S/C17H20ClN3O3S/c1-4-21(5-2)25(23,24)13-6-7-15(18)14(11-13)17(22)20-16-10-12(3)8-9-19-16/h6-11H,4-5H2,1-3H3,(H,19,20,22). The molecule has 2 rings (SSSR count). The minimum atomic E-state index is -3.67. The Morgan fingerprint density at radius 2 is 1.88 bits per heavy atom. The van der Waals surface area contributed by atoms with Crippen molar-refractivity contribution in [1.29, 1.82) is 0 Å². The number of carbonyl (C=O) groups is 1. The van der Waals surface area contributed by atoms with Crippen LogP contribution in [0.1, 0.15) is 29.8 Å². The molecule has 1 aromatic heterocycles. The summed E-state index contributed by atoms with van der Waals surface area (Å²) in [7, 11) is -3.67. The minimum absolute atomic E-state index is 0.0305. The molecular weight excluding hydrogens is 362 g/mol. The molecular formula is C17H20ClN3O3S. The first kappa shape index (κ1) is 19.4. The van der Waals surface area contributed by atoms with Crippen molar-refractivity contribution in [2.45, 2.75) is 25.7 Å². The van der Waals surface area contributed by atoms with E-state index in [1.807, 2.05) is 6.92 Å². The Balaban J connectivity index is 2.37. The van der Waals surface area contributed by atoms with Crippen molar-refractivity contribution in [2.75, 3.05) is 18.4 Å². The molecule has 6 nitrogen and oxygen atoms in total. The molecule has 1 N–H and O–H groups in total. The van der Waals surface area contributed by atoms with Crippen LogP contribution < -0.4 is 5.32 Å². The summed E-state index contributed by atoms with van der Waals surface area (Å²) in [6.07, 6.45) is 1.58. The van der Waals surface area contributed by atoms with Crippen LogP contribution in [0.15, 0.2) is 41.4 Å². The van der Waals surface area contributed by atoms with Crippen LogP contribution in [-0.2, 0) is 10.0 Å². The summed E-state index contributed by atoms with van der Waals surface area (Å²) >= 11 is 6.10. The van der Waals surface area contributed by atoms with E-state index in [1.54, 1.807) is 32.2 Å². The maximum absolute atomic E-state index is 12.6. The lowest BCUT2D eigenvalue weighted by Crippen LogP contribution is -2.30. The predicted molar refractivity (Wildman–Crippen MR) is 98.5 cm³/mol. The van der Waals surface area contributed by atoms with Crippen LogP contribution in [0.3, 0.4) is 0 Å². The summed E-state index contributed by atoms with van der Waals surface area (Å²) in [5.74, 6) is -0.141.